The number of rotatable bonds is 6. The van der Waals surface area contributed by atoms with Gasteiger partial charge in [-0.25, -0.2) is 0 Å². The number of aryl methyl sites for hydroxylation is 4. The molecular weight excluding hydrogens is 625 g/mol. The summed E-state index contributed by atoms with van der Waals surface area (Å²) in [5.74, 6) is 2.54. The van der Waals surface area contributed by atoms with Crippen LogP contribution in [0.1, 0.15) is 55.6 Å². The highest BCUT2D eigenvalue weighted by Crippen LogP contribution is 2.49. The van der Waals surface area contributed by atoms with Crippen molar-refractivity contribution in [2.24, 2.45) is 0 Å². The van der Waals surface area contributed by atoms with Crippen molar-refractivity contribution in [1.82, 2.24) is 0 Å². The van der Waals surface area contributed by atoms with Crippen LogP contribution in [0, 0.1) is 39.5 Å². The number of benzene rings is 1. The summed E-state index contributed by atoms with van der Waals surface area (Å²) in [6.07, 6.45) is 0. The highest BCUT2D eigenvalue weighted by atomic mass is 14.3. The zero-order valence-electron chi connectivity index (χ0n) is 30.2. The molecule has 8 aliphatic carbocycles. The fraction of sp³-hybridized carbons (Fsp3) is 0.0769. The molecule has 0 saturated carbocycles. The topological polar surface area (TPSA) is 0 Å². The molecule has 0 saturated heterocycles. The van der Waals surface area contributed by atoms with E-state index in [0.29, 0.717) is 0 Å². The Morgan fingerprint density at radius 3 is 0.692 bits per heavy atom. The van der Waals surface area contributed by atoms with Gasteiger partial charge in [0, 0.05) is 68.8 Å². The maximum absolute atomic E-state index is 2.39. The highest BCUT2D eigenvalue weighted by Gasteiger charge is 2.36. The first-order valence-electron chi connectivity index (χ1n) is 18.3. The van der Waals surface area contributed by atoms with Crippen LogP contribution in [0.2, 0.25) is 0 Å². The average Bonchev–Trinajstić information content (AvgIpc) is 3.51. The molecule has 52 heavy (non-hydrogen) atoms. The van der Waals surface area contributed by atoms with Gasteiger partial charge in [0.05, 0.1) is 45.2 Å². The predicted molar refractivity (Wildman–Crippen MR) is 219 cm³/mol. The lowest BCUT2D eigenvalue weighted by Crippen LogP contribution is -2.07. The third kappa shape index (κ3) is 5.22. The smallest absolute Gasteiger partial charge is 0.0617 e. The first-order valence-corrected chi connectivity index (χ1v) is 18.3. The van der Waals surface area contributed by atoms with Crippen molar-refractivity contribution >= 4 is 0 Å². The Balaban J connectivity index is 1.26. The molecule has 0 nitrogen and oxygen atoms in total. The molecule has 8 aliphatic rings. The maximum Gasteiger partial charge on any atom is 0.0655 e. The van der Waals surface area contributed by atoms with Crippen LogP contribution >= 0.6 is 0 Å². The van der Waals surface area contributed by atoms with Crippen LogP contribution in [0.4, 0.5) is 0 Å². The summed E-state index contributed by atoms with van der Waals surface area (Å²) in [5, 5.41) is 0. The van der Waals surface area contributed by atoms with Crippen molar-refractivity contribution in [2.45, 2.75) is 27.7 Å². The summed E-state index contributed by atoms with van der Waals surface area (Å²) in [6.45, 7) is 8.95. The van der Waals surface area contributed by atoms with E-state index in [1.54, 1.807) is 0 Å². The van der Waals surface area contributed by atoms with E-state index >= 15 is 0 Å². The van der Waals surface area contributed by atoms with Crippen molar-refractivity contribution in [3.63, 3.8) is 0 Å². The second kappa shape index (κ2) is 12.8. The second-order valence-corrected chi connectivity index (χ2v) is 14.2. The fourth-order valence-electron chi connectivity index (χ4n) is 8.54. The third-order valence-corrected chi connectivity index (χ3v) is 11.0. The van der Waals surface area contributed by atoms with Gasteiger partial charge in [-0.3, -0.25) is 0 Å². The number of hydrogen-bond acceptors (Lipinski definition) is 0. The lowest BCUT2D eigenvalue weighted by molar-refractivity contribution is 1.22. The highest BCUT2D eigenvalue weighted by molar-refractivity contribution is 5.88. The molecule has 0 spiro atoms. The van der Waals surface area contributed by atoms with E-state index in [0.717, 1.165) is 0 Å². The minimum absolute atomic E-state index is 1.21. The van der Waals surface area contributed by atoms with Gasteiger partial charge in [-0.1, -0.05) is 72.8 Å². The minimum Gasteiger partial charge on any atom is -0.0617 e. The lowest BCUT2D eigenvalue weighted by atomic mass is 9.80. The zero-order valence-corrected chi connectivity index (χ0v) is 30.2. The molecule has 0 radical (unpaired) electrons. The molecule has 0 N–H and O–H groups in total. The van der Waals surface area contributed by atoms with Crippen LogP contribution in [-0.2, 0) is 0 Å². The molecule has 0 fully saturated rings. The first-order chi connectivity index (χ1) is 25.5. The van der Waals surface area contributed by atoms with Gasteiger partial charge >= 0.3 is 0 Å². The van der Waals surface area contributed by atoms with Crippen LogP contribution in [0.5, 0.6) is 0 Å². The van der Waals surface area contributed by atoms with Crippen LogP contribution in [0.15, 0.2) is 170 Å². The van der Waals surface area contributed by atoms with Gasteiger partial charge in [0.2, 0.25) is 0 Å². The Kier molecular flexibility index (Phi) is 7.82. The van der Waals surface area contributed by atoms with Gasteiger partial charge in [-0.2, -0.15) is 0 Å². The molecule has 0 atom stereocenters. The van der Waals surface area contributed by atoms with Crippen molar-refractivity contribution in [2.75, 3.05) is 0 Å². The molecule has 0 heteroatoms. The summed E-state index contributed by atoms with van der Waals surface area (Å²) >= 11 is 0. The molecular formula is C52H40+2. The van der Waals surface area contributed by atoms with E-state index in [4.69, 9.17) is 0 Å². The third-order valence-electron chi connectivity index (χ3n) is 11.0. The summed E-state index contributed by atoms with van der Waals surface area (Å²) < 4.78 is 0. The van der Waals surface area contributed by atoms with Gasteiger partial charge < -0.3 is 0 Å². The standard InChI is InChI=1S/C52H40/c1-33-29-47(43-21-13-5-9-17-39(33)43)51(48-30-34(2)40-18-10-6-14-22-44(40)48)37-25-27-38(28-26-37)52(49-31-35(3)41-19-11-7-15-23-45(41)49)50-32-36(4)42-20-12-8-16-24-46(42)50/h5-32H,1-4H3/q+2. The van der Waals surface area contributed by atoms with Crippen molar-refractivity contribution in [3.8, 4) is 44.5 Å². The van der Waals surface area contributed by atoms with E-state index in [1.165, 1.54) is 112 Å². The first kappa shape index (κ1) is 31.7. The quantitative estimate of drug-likeness (QED) is 0.155. The van der Waals surface area contributed by atoms with Gasteiger partial charge in [0.1, 0.15) is 0 Å². The Morgan fingerprint density at radius 2 is 0.462 bits per heavy atom. The molecule has 0 aromatic heterocycles. The van der Waals surface area contributed by atoms with E-state index in [9.17, 15) is 0 Å². The Morgan fingerprint density at radius 1 is 0.250 bits per heavy atom. The summed E-state index contributed by atoms with van der Waals surface area (Å²) in [4.78, 5) is 0. The van der Waals surface area contributed by atoms with Crippen molar-refractivity contribution < 1.29 is 0 Å². The van der Waals surface area contributed by atoms with Gasteiger partial charge in [-0.15, -0.1) is 0 Å². The molecule has 0 unspecified atom stereocenters. The summed E-state index contributed by atoms with van der Waals surface area (Å²) in [6, 6.07) is 62.9. The van der Waals surface area contributed by atoms with Gasteiger partial charge in [0.25, 0.3) is 0 Å². The Labute approximate surface area is 308 Å². The van der Waals surface area contributed by atoms with Crippen molar-refractivity contribution in [3.05, 3.63) is 237 Å². The largest absolute Gasteiger partial charge is 0.0655 e. The molecule has 1 aromatic carbocycles. The van der Waals surface area contributed by atoms with E-state index < -0.39 is 0 Å². The average molecular weight is 665 g/mol. The molecule has 246 valence electrons. The van der Waals surface area contributed by atoms with E-state index in [-0.39, 0.29) is 0 Å². The van der Waals surface area contributed by atoms with Crippen LogP contribution in [0.3, 0.4) is 0 Å². The van der Waals surface area contributed by atoms with Crippen LogP contribution in [-0.4, -0.2) is 0 Å². The molecule has 0 amide bonds. The maximum atomic E-state index is 2.39. The molecule has 9 rings (SSSR count). The van der Waals surface area contributed by atoms with Gasteiger partial charge in [-0.05, 0) is 123 Å². The second-order valence-electron chi connectivity index (χ2n) is 14.2. The fourth-order valence-corrected chi connectivity index (χ4v) is 8.54. The summed E-state index contributed by atoms with van der Waals surface area (Å²) in [7, 11) is 0. The van der Waals surface area contributed by atoms with Crippen LogP contribution < -0.4 is 0 Å². The SMILES string of the molecule is Cc1cc([C+](c2ccc([C+](c3cc(C)c4cccccc3-4)c3cc(C)c4cccccc3-4)cc2)c2cc(C)c3cccccc2-3)c2cccccc1-2. The van der Waals surface area contributed by atoms with Crippen LogP contribution in [0.25, 0.3) is 44.5 Å². The number of fused-ring (bicyclic) bond motifs is 4. The normalized spacial score (nSPS) is 11.5. The summed E-state index contributed by atoms with van der Waals surface area (Å²) in [5.41, 5.74) is 23.0. The van der Waals surface area contributed by atoms with Gasteiger partial charge in [0.15, 0.2) is 0 Å². The molecule has 0 bridgehead atoms. The monoisotopic (exact) mass is 664 g/mol. The van der Waals surface area contributed by atoms with E-state index in [1.807, 2.05) is 0 Å². The Hall–Kier alpha value is -6.24. The van der Waals surface area contributed by atoms with E-state index in [2.05, 4.69) is 198 Å². The number of hydrogen-bond donors (Lipinski definition) is 0. The Bertz CT molecular complexity index is 2230. The minimum atomic E-state index is 1.21. The molecule has 0 heterocycles. The lowest BCUT2D eigenvalue weighted by Gasteiger charge is -2.16. The molecule has 0 aliphatic heterocycles. The molecule has 1 aromatic rings. The van der Waals surface area contributed by atoms with Crippen molar-refractivity contribution in [1.29, 1.82) is 0 Å². The zero-order chi connectivity index (χ0) is 35.3. The predicted octanol–water partition coefficient (Wildman–Crippen LogP) is 13.4.